The van der Waals surface area contributed by atoms with Crippen molar-refractivity contribution in [3.05, 3.63) is 48.0 Å². The Morgan fingerprint density at radius 3 is 2.81 bits per heavy atom. The summed E-state index contributed by atoms with van der Waals surface area (Å²) in [6, 6.07) is 8.83. The minimum absolute atomic E-state index is 0.248. The van der Waals surface area contributed by atoms with Crippen LogP contribution in [0.3, 0.4) is 0 Å². The summed E-state index contributed by atoms with van der Waals surface area (Å²) in [5, 5.41) is 0. The molecule has 0 N–H and O–H groups in total. The van der Waals surface area contributed by atoms with Crippen molar-refractivity contribution in [3.63, 3.8) is 0 Å². The van der Waals surface area contributed by atoms with Crippen LogP contribution in [0.25, 0.3) is 0 Å². The lowest BCUT2D eigenvalue weighted by Gasteiger charge is -2.25. The largest absolute Gasteiger partial charge is 0.285 e. The molecule has 16 heavy (non-hydrogen) atoms. The third-order valence-electron chi connectivity index (χ3n) is 3.64. The average molecular weight is 213 g/mol. The van der Waals surface area contributed by atoms with Gasteiger partial charge in [-0.3, -0.25) is 4.99 Å². The van der Waals surface area contributed by atoms with E-state index in [9.17, 15) is 0 Å². The van der Waals surface area contributed by atoms with E-state index in [4.69, 9.17) is 0 Å². The highest BCUT2D eigenvalue weighted by atomic mass is 14.8. The van der Waals surface area contributed by atoms with Crippen molar-refractivity contribution in [2.75, 3.05) is 0 Å². The van der Waals surface area contributed by atoms with Crippen LogP contribution in [0, 0.1) is 5.92 Å². The maximum atomic E-state index is 4.62. The van der Waals surface area contributed by atoms with Gasteiger partial charge in [-0.15, -0.1) is 6.58 Å². The van der Waals surface area contributed by atoms with Crippen molar-refractivity contribution in [3.8, 4) is 0 Å². The highest BCUT2D eigenvalue weighted by molar-refractivity contribution is 5.82. The Morgan fingerprint density at radius 1 is 1.38 bits per heavy atom. The summed E-state index contributed by atoms with van der Waals surface area (Å²) in [6.07, 6.45) is 5.13. The second kappa shape index (κ2) is 4.65. The summed E-state index contributed by atoms with van der Waals surface area (Å²) in [5.41, 5.74) is 2.70. The molecule has 84 valence electrons. The summed E-state index contributed by atoms with van der Waals surface area (Å²) >= 11 is 0. The van der Waals surface area contributed by atoms with E-state index < -0.39 is 0 Å². The van der Waals surface area contributed by atoms with Crippen LogP contribution in [-0.2, 0) is 0 Å². The molecule has 0 saturated heterocycles. The molecule has 3 atom stereocenters. The Labute approximate surface area is 97.9 Å². The standard InChI is InChI=1S/C15H19N/c1-4-13-11(3)15(5-2)16-10-12-8-6-7-9-14(12)13/h5-11,13,15H,2,4H2,1,3H3/t11-,13-,15+/m0/s1. The van der Waals surface area contributed by atoms with Gasteiger partial charge in [0, 0.05) is 6.21 Å². The Kier molecular flexibility index (Phi) is 3.23. The van der Waals surface area contributed by atoms with Gasteiger partial charge in [-0.05, 0) is 29.4 Å². The lowest BCUT2D eigenvalue weighted by molar-refractivity contribution is 0.415. The molecule has 0 unspecified atom stereocenters. The van der Waals surface area contributed by atoms with Crippen molar-refractivity contribution in [2.45, 2.75) is 32.2 Å². The summed E-state index contributed by atoms with van der Waals surface area (Å²) < 4.78 is 0. The molecule has 0 fully saturated rings. The third-order valence-corrected chi connectivity index (χ3v) is 3.64. The molecule has 0 spiro atoms. The van der Waals surface area contributed by atoms with Crippen LogP contribution in [-0.4, -0.2) is 12.3 Å². The number of nitrogens with zero attached hydrogens (tertiary/aromatic N) is 1. The van der Waals surface area contributed by atoms with Gasteiger partial charge in [0.05, 0.1) is 6.04 Å². The molecule has 0 aromatic heterocycles. The van der Waals surface area contributed by atoms with Crippen LogP contribution in [0.15, 0.2) is 41.9 Å². The maximum Gasteiger partial charge on any atom is 0.0708 e. The van der Waals surface area contributed by atoms with Gasteiger partial charge in [-0.1, -0.05) is 44.2 Å². The van der Waals surface area contributed by atoms with Crippen LogP contribution in [0.5, 0.6) is 0 Å². The smallest absolute Gasteiger partial charge is 0.0708 e. The van der Waals surface area contributed by atoms with E-state index in [2.05, 4.69) is 49.7 Å². The quantitative estimate of drug-likeness (QED) is 0.662. The fourth-order valence-corrected chi connectivity index (χ4v) is 2.66. The van der Waals surface area contributed by atoms with Crippen LogP contribution in [0.2, 0.25) is 0 Å². The normalized spacial score (nSPS) is 28.2. The summed E-state index contributed by atoms with van der Waals surface area (Å²) in [7, 11) is 0. The van der Waals surface area contributed by atoms with Crippen LogP contribution in [0.4, 0.5) is 0 Å². The molecule has 1 aromatic rings. The zero-order valence-corrected chi connectivity index (χ0v) is 10.1. The van der Waals surface area contributed by atoms with Gasteiger partial charge in [-0.25, -0.2) is 0 Å². The molecule has 0 amide bonds. The number of benzene rings is 1. The molecule has 1 heterocycles. The van der Waals surface area contributed by atoms with Crippen molar-refractivity contribution in [2.24, 2.45) is 10.9 Å². The van der Waals surface area contributed by atoms with E-state index in [-0.39, 0.29) is 6.04 Å². The Hall–Kier alpha value is -1.37. The zero-order chi connectivity index (χ0) is 11.5. The van der Waals surface area contributed by atoms with Crippen LogP contribution >= 0.6 is 0 Å². The van der Waals surface area contributed by atoms with E-state index >= 15 is 0 Å². The fraction of sp³-hybridized carbons (Fsp3) is 0.400. The summed E-state index contributed by atoms with van der Waals surface area (Å²) in [6.45, 7) is 8.43. The van der Waals surface area contributed by atoms with Crippen molar-refractivity contribution in [1.82, 2.24) is 0 Å². The van der Waals surface area contributed by atoms with Crippen molar-refractivity contribution in [1.29, 1.82) is 0 Å². The van der Waals surface area contributed by atoms with Crippen LogP contribution in [0.1, 0.15) is 37.3 Å². The number of aliphatic imine (C=N–C) groups is 1. The minimum atomic E-state index is 0.248. The van der Waals surface area contributed by atoms with Gasteiger partial charge in [-0.2, -0.15) is 0 Å². The van der Waals surface area contributed by atoms with Gasteiger partial charge in [0.15, 0.2) is 0 Å². The molecule has 1 heteroatoms. The molecule has 0 saturated carbocycles. The molecule has 0 bridgehead atoms. The molecule has 1 aliphatic rings. The molecule has 2 rings (SSSR count). The molecule has 1 aliphatic heterocycles. The Bertz CT molecular complexity index is 406. The van der Waals surface area contributed by atoms with Gasteiger partial charge in [0.1, 0.15) is 0 Å². The molecule has 1 aromatic carbocycles. The average Bonchev–Trinajstić information content (AvgIpc) is 2.45. The highest BCUT2D eigenvalue weighted by Gasteiger charge is 2.26. The van der Waals surface area contributed by atoms with Crippen molar-refractivity contribution < 1.29 is 0 Å². The topological polar surface area (TPSA) is 12.4 Å². The summed E-state index contributed by atoms with van der Waals surface area (Å²) in [5.74, 6) is 1.11. The highest BCUT2D eigenvalue weighted by Crippen LogP contribution is 2.35. The molecule has 1 nitrogen and oxygen atoms in total. The second-order valence-electron chi connectivity index (χ2n) is 4.51. The Morgan fingerprint density at radius 2 is 2.12 bits per heavy atom. The predicted molar refractivity (Wildman–Crippen MR) is 70.2 cm³/mol. The third kappa shape index (κ3) is 1.82. The van der Waals surface area contributed by atoms with E-state index in [0.29, 0.717) is 11.8 Å². The van der Waals surface area contributed by atoms with Gasteiger partial charge < -0.3 is 0 Å². The molecular formula is C15H19N. The van der Waals surface area contributed by atoms with Crippen LogP contribution < -0.4 is 0 Å². The number of hydrogen-bond donors (Lipinski definition) is 0. The number of rotatable bonds is 2. The lowest BCUT2D eigenvalue weighted by atomic mass is 9.80. The van der Waals surface area contributed by atoms with E-state index in [1.807, 2.05) is 12.3 Å². The van der Waals surface area contributed by atoms with E-state index in [0.717, 1.165) is 6.42 Å². The summed E-state index contributed by atoms with van der Waals surface area (Å²) in [4.78, 5) is 4.62. The lowest BCUT2D eigenvalue weighted by Crippen LogP contribution is -2.19. The first-order chi connectivity index (χ1) is 7.77. The van der Waals surface area contributed by atoms with Gasteiger partial charge >= 0.3 is 0 Å². The first-order valence-corrected chi connectivity index (χ1v) is 6.02. The molecular weight excluding hydrogens is 194 g/mol. The first-order valence-electron chi connectivity index (χ1n) is 6.02. The first kappa shape index (κ1) is 11.1. The second-order valence-corrected chi connectivity index (χ2v) is 4.51. The molecule has 0 aliphatic carbocycles. The van der Waals surface area contributed by atoms with Gasteiger partial charge in [0.25, 0.3) is 0 Å². The fourth-order valence-electron chi connectivity index (χ4n) is 2.66. The molecule has 0 radical (unpaired) electrons. The van der Waals surface area contributed by atoms with E-state index in [1.54, 1.807) is 0 Å². The van der Waals surface area contributed by atoms with E-state index in [1.165, 1.54) is 11.1 Å². The van der Waals surface area contributed by atoms with Gasteiger partial charge in [0.2, 0.25) is 0 Å². The monoisotopic (exact) mass is 213 g/mol. The number of fused-ring (bicyclic) bond motifs is 1. The minimum Gasteiger partial charge on any atom is -0.285 e. The number of hydrogen-bond acceptors (Lipinski definition) is 1. The Balaban J connectivity index is 2.49. The predicted octanol–water partition coefficient (Wildman–Crippen LogP) is 3.80. The SMILES string of the molecule is C=C[C@H]1N=Cc2ccccc2[C@@H](CC)[C@@H]1C. The zero-order valence-electron chi connectivity index (χ0n) is 10.1. The van der Waals surface area contributed by atoms with Crippen molar-refractivity contribution >= 4 is 6.21 Å². The maximum absolute atomic E-state index is 4.62.